The van der Waals surface area contributed by atoms with Crippen LogP contribution in [0.25, 0.3) is 0 Å². The van der Waals surface area contributed by atoms with E-state index < -0.39 is 0 Å². The number of allylic oxidation sites excluding steroid dienone is 1. The third kappa shape index (κ3) is 2.12. The SMILES string of the molecule is C=C1CC(C(C)(C)C)CCC1C. The molecule has 0 saturated heterocycles. The van der Waals surface area contributed by atoms with Gasteiger partial charge in [-0.1, -0.05) is 39.8 Å². The molecule has 0 aliphatic heterocycles. The molecule has 1 saturated carbocycles. The van der Waals surface area contributed by atoms with Crippen molar-refractivity contribution >= 4 is 0 Å². The van der Waals surface area contributed by atoms with Crippen LogP contribution in [-0.4, -0.2) is 0 Å². The summed E-state index contributed by atoms with van der Waals surface area (Å²) in [5.74, 6) is 1.63. The Morgan fingerprint density at radius 2 is 1.83 bits per heavy atom. The van der Waals surface area contributed by atoms with Crippen molar-refractivity contribution in [1.29, 1.82) is 0 Å². The molecule has 12 heavy (non-hydrogen) atoms. The Kier molecular flexibility index (Phi) is 2.65. The van der Waals surface area contributed by atoms with E-state index in [1.165, 1.54) is 24.8 Å². The fourth-order valence-electron chi connectivity index (χ4n) is 2.01. The van der Waals surface area contributed by atoms with E-state index in [0.29, 0.717) is 5.41 Å². The molecule has 0 nitrogen and oxygen atoms in total. The van der Waals surface area contributed by atoms with Gasteiger partial charge in [-0.25, -0.2) is 0 Å². The Balaban J connectivity index is 2.57. The van der Waals surface area contributed by atoms with Gasteiger partial charge in [0.2, 0.25) is 0 Å². The van der Waals surface area contributed by atoms with Gasteiger partial charge < -0.3 is 0 Å². The maximum atomic E-state index is 4.16. The van der Waals surface area contributed by atoms with Crippen LogP contribution in [0, 0.1) is 17.3 Å². The molecule has 0 aromatic carbocycles. The highest BCUT2D eigenvalue weighted by molar-refractivity contribution is 5.05. The lowest BCUT2D eigenvalue weighted by molar-refractivity contribution is 0.189. The molecular weight excluding hydrogens is 144 g/mol. The van der Waals surface area contributed by atoms with E-state index in [1.54, 1.807) is 0 Å². The molecule has 0 bridgehead atoms. The molecule has 1 rings (SSSR count). The maximum Gasteiger partial charge on any atom is -0.0234 e. The highest BCUT2D eigenvalue weighted by Gasteiger charge is 2.29. The summed E-state index contributed by atoms with van der Waals surface area (Å²) in [4.78, 5) is 0. The molecular formula is C12H22. The van der Waals surface area contributed by atoms with Gasteiger partial charge in [0.25, 0.3) is 0 Å². The fraction of sp³-hybridized carbons (Fsp3) is 0.833. The predicted molar refractivity (Wildman–Crippen MR) is 55.1 cm³/mol. The van der Waals surface area contributed by atoms with Crippen LogP contribution in [0.4, 0.5) is 0 Å². The molecule has 0 aromatic heterocycles. The van der Waals surface area contributed by atoms with Crippen molar-refractivity contribution < 1.29 is 0 Å². The first-order chi connectivity index (χ1) is 5.41. The van der Waals surface area contributed by atoms with Crippen LogP contribution < -0.4 is 0 Å². The van der Waals surface area contributed by atoms with Crippen LogP contribution in [0.1, 0.15) is 47.0 Å². The smallest absolute Gasteiger partial charge is 0.0234 e. The summed E-state index contributed by atoms with van der Waals surface area (Å²) in [6, 6.07) is 0. The second-order valence-electron chi connectivity index (χ2n) is 5.40. The van der Waals surface area contributed by atoms with Crippen LogP contribution >= 0.6 is 0 Å². The average Bonchev–Trinajstić information content (AvgIpc) is 1.92. The molecule has 0 aromatic rings. The zero-order valence-corrected chi connectivity index (χ0v) is 8.98. The van der Waals surface area contributed by atoms with Crippen LogP contribution in [-0.2, 0) is 0 Å². The Bertz CT molecular complexity index is 171. The molecule has 2 unspecified atom stereocenters. The summed E-state index contributed by atoms with van der Waals surface area (Å²) in [6.45, 7) is 13.5. The quantitative estimate of drug-likeness (QED) is 0.477. The van der Waals surface area contributed by atoms with Crippen molar-refractivity contribution in [1.82, 2.24) is 0 Å². The number of hydrogen-bond donors (Lipinski definition) is 0. The second kappa shape index (κ2) is 3.24. The largest absolute Gasteiger partial charge is 0.0996 e. The van der Waals surface area contributed by atoms with Gasteiger partial charge in [0.1, 0.15) is 0 Å². The Labute approximate surface area is 77.1 Å². The van der Waals surface area contributed by atoms with Gasteiger partial charge in [-0.2, -0.15) is 0 Å². The molecule has 0 heteroatoms. The summed E-state index contributed by atoms with van der Waals surface area (Å²) in [6.07, 6.45) is 4.00. The van der Waals surface area contributed by atoms with Crippen LogP contribution in [0.3, 0.4) is 0 Å². The molecule has 0 amide bonds. The van der Waals surface area contributed by atoms with E-state index in [-0.39, 0.29) is 0 Å². The van der Waals surface area contributed by atoms with Gasteiger partial charge in [-0.05, 0) is 36.5 Å². The summed E-state index contributed by atoms with van der Waals surface area (Å²) in [7, 11) is 0. The lowest BCUT2D eigenvalue weighted by Gasteiger charge is -2.37. The third-order valence-electron chi connectivity index (χ3n) is 3.38. The van der Waals surface area contributed by atoms with E-state index in [0.717, 1.165) is 11.8 Å². The van der Waals surface area contributed by atoms with E-state index in [2.05, 4.69) is 34.3 Å². The molecule has 70 valence electrons. The first-order valence-electron chi connectivity index (χ1n) is 5.09. The monoisotopic (exact) mass is 166 g/mol. The van der Waals surface area contributed by atoms with Gasteiger partial charge in [-0.3, -0.25) is 0 Å². The van der Waals surface area contributed by atoms with Crippen molar-refractivity contribution in [3.05, 3.63) is 12.2 Å². The van der Waals surface area contributed by atoms with Crippen molar-refractivity contribution in [2.45, 2.75) is 47.0 Å². The molecule has 1 aliphatic rings. The van der Waals surface area contributed by atoms with E-state index in [1.807, 2.05) is 0 Å². The lowest BCUT2D eigenvalue weighted by atomic mass is 9.68. The molecule has 0 spiro atoms. The summed E-state index contributed by atoms with van der Waals surface area (Å²) < 4.78 is 0. The lowest BCUT2D eigenvalue weighted by Crippen LogP contribution is -2.26. The highest BCUT2D eigenvalue weighted by Crippen LogP contribution is 2.41. The average molecular weight is 166 g/mol. The van der Waals surface area contributed by atoms with E-state index >= 15 is 0 Å². The van der Waals surface area contributed by atoms with Crippen LogP contribution in [0.2, 0.25) is 0 Å². The highest BCUT2D eigenvalue weighted by atomic mass is 14.3. The second-order valence-corrected chi connectivity index (χ2v) is 5.40. The summed E-state index contributed by atoms with van der Waals surface area (Å²) in [5.41, 5.74) is 1.95. The maximum absolute atomic E-state index is 4.16. The van der Waals surface area contributed by atoms with Crippen molar-refractivity contribution in [2.24, 2.45) is 17.3 Å². The van der Waals surface area contributed by atoms with Gasteiger partial charge in [0.15, 0.2) is 0 Å². The topological polar surface area (TPSA) is 0 Å². The minimum absolute atomic E-state index is 0.475. The van der Waals surface area contributed by atoms with Crippen molar-refractivity contribution in [3.8, 4) is 0 Å². The third-order valence-corrected chi connectivity index (χ3v) is 3.38. The zero-order valence-electron chi connectivity index (χ0n) is 8.98. The Hall–Kier alpha value is -0.260. The predicted octanol–water partition coefficient (Wildman–Crippen LogP) is 4.02. The molecule has 0 N–H and O–H groups in total. The number of hydrogen-bond acceptors (Lipinski definition) is 0. The molecule has 1 fully saturated rings. The van der Waals surface area contributed by atoms with Gasteiger partial charge in [0.05, 0.1) is 0 Å². The summed E-state index contributed by atoms with van der Waals surface area (Å²) >= 11 is 0. The van der Waals surface area contributed by atoms with Gasteiger partial charge in [-0.15, -0.1) is 0 Å². The van der Waals surface area contributed by atoms with Crippen molar-refractivity contribution in [3.63, 3.8) is 0 Å². The molecule has 0 radical (unpaired) electrons. The first kappa shape index (κ1) is 9.83. The normalized spacial score (nSPS) is 32.2. The Morgan fingerprint density at radius 1 is 1.25 bits per heavy atom. The zero-order chi connectivity index (χ0) is 9.35. The van der Waals surface area contributed by atoms with Crippen LogP contribution in [0.15, 0.2) is 12.2 Å². The van der Waals surface area contributed by atoms with E-state index in [9.17, 15) is 0 Å². The van der Waals surface area contributed by atoms with Gasteiger partial charge >= 0.3 is 0 Å². The van der Waals surface area contributed by atoms with Crippen LogP contribution in [0.5, 0.6) is 0 Å². The fourth-order valence-corrected chi connectivity index (χ4v) is 2.01. The van der Waals surface area contributed by atoms with Crippen molar-refractivity contribution in [2.75, 3.05) is 0 Å². The minimum atomic E-state index is 0.475. The molecule has 2 atom stereocenters. The van der Waals surface area contributed by atoms with E-state index in [4.69, 9.17) is 0 Å². The first-order valence-corrected chi connectivity index (χ1v) is 5.09. The minimum Gasteiger partial charge on any atom is -0.0996 e. The molecule has 0 heterocycles. The summed E-state index contributed by atoms with van der Waals surface area (Å²) in [5, 5.41) is 0. The van der Waals surface area contributed by atoms with Gasteiger partial charge in [0, 0.05) is 0 Å². The molecule has 1 aliphatic carbocycles. The Morgan fingerprint density at radius 3 is 2.25 bits per heavy atom. The standard InChI is InChI=1S/C12H22/c1-9-6-7-11(8-10(9)2)12(3,4)5/h9,11H,2,6-8H2,1,3-5H3. The number of rotatable bonds is 0.